The van der Waals surface area contributed by atoms with Gasteiger partial charge in [-0.25, -0.2) is 4.98 Å². The van der Waals surface area contributed by atoms with E-state index in [1.165, 1.54) is 0 Å². The van der Waals surface area contributed by atoms with E-state index in [1.54, 1.807) is 12.1 Å². The van der Waals surface area contributed by atoms with E-state index in [2.05, 4.69) is 4.98 Å². The van der Waals surface area contributed by atoms with Gasteiger partial charge in [-0.3, -0.25) is 0 Å². The molecule has 0 aliphatic heterocycles. The maximum atomic E-state index is 9.24. The SMILES string of the molecule is CC(C)(N)CCn1cnc(-c2ccc(O)cc2)c1. The molecule has 0 amide bonds. The zero-order chi connectivity index (χ0) is 13.2. The molecule has 0 spiro atoms. The Morgan fingerprint density at radius 2 is 1.94 bits per heavy atom. The number of benzene rings is 1. The fourth-order valence-corrected chi connectivity index (χ4v) is 1.68. The van der Waals surface area contributed by atoms with Crippen LogP contribution in [0.15, 0.2) is 36.8 Å². The number of rotatable bonds is 4. The van der Waals surface area contributed by atoms with Gasteiger partial charge in [0.1, 0.15) is 5.75 Å². The minimum absolute atomic E-state index is 0.164. The van der Waals surface area contributed by atoms with Gasteiger partial charge in [0.2, 0.25) is 0 Å². The summed E-state index contributed by atoms with van der Waals surface area (Å²) in [4.78, 5) is 4.36. The largest absolute Gasteiger partial charge is 0.508 e. The first-order valence-corrected chi connectivity index (χ1v) is 6.04. The summed E-state index contributed by atoms with van der Waals surface area (Å²) in [5, 5.41) is 9.24. The highest BCUT2D eigenvalue weighted by Crippen LogP contribution is 2.20. The van der Waals surface area contributed by atoms with Gasteiger partial charge in [-0.1, -0.05) is 0 Å². The molecule has 2 aromatic rings. The lowest BCUT2D eigenvalue weighted by atomic mass is 10.0. The second-order valence-corrected chi connectivity index (χ2v) is 5.28. The standard InChI is InChI=1S/C14H19N3O/c1-14(2,15)7-8-17-9-13(16-10-17)11-3-5-12(18)6-4-11/h3-6,9-10,18H,7-8,15H2,1-2H3. The van der Waals surface area contributed by atoms with Gasteiger partial charge in [0, 0.05) is 23.8 Å². The van der Waals surface area contributed by atoms with Crippen LogP contribution in [0.5, 0.6) is 5.75 Å². The van der Waals surface area contributed by atoms with Crippen LogP contribution >= 0.6 is 0 Å². The highest BCUT2D eigenvalue weighted by Gasteiger charge is 2.10. The molecule has 0 saturated carbocycles. The smallest absolute Gasteiger partial charge is 0.115 e. The van der Waals surface area contributed by atoms with Crippen LogP contribution in [0.1, 0.15) is 20.3 Å². The molecule has 18 heavy (non-hydrogen) atoms. The van der Waals surface area contributed by atoms with E-state index in [1.807, 2.05) is 43.1 Å². The molecule has 0 radical (unpaired) electrons. The molecule has 3 N–H and O–H groups in total. The van der Waals surface area contributed by atoms with Crippen LogP contribution in [-0.4, -0.2) is 20.2 Å². The second-order valence-electron chi connectivity index (χ2n) is 5.28. The van der Waals surface area contributed by atoms with Gasteiger partial charge in [0.05, 0.1) is 12.0 Å². The zero-order valence-corrected chi connectivity index (χ0v) is 10.8. The molecule has 0 aliphatic carbocycles. The lowest BCUT2D eigenvalue weighted by molar-refractivity contribution is 0.436. The lowest BCUT2D eigenvalue weighted by Gasteiger charge is -2.17. The number of nitrogens with zero attached hydrogens (tertiary/aromatic N) is 2. The minimum atomic E-state index is -0.164. The molecule has 0 atom stereocenters. The zero-order valence-electron chi connectivity index (χ0n) is 10.8. The van der Waals surface area contributed by atoms with E-state index < -0.39 is 0 Å². The molecule has 96 valence electrons. The number of nitrogens with two attached hydrogens (primary N) is 1. The number of aromatic nitrogens is 2. The van der Waals surface area contributed by atoms with E-state index >= 15 is 0 Å². The Hall–Kier alpha value is -1.81. The first-order valence-electron chi connectivity index (χ1n) is 6.04. The molecule has 4 heteroatoms. The Balaban J connectivity index is 2.08. The van der Waals surface area contributed by atoms with Crippen molar-refractivity contribution in [3.8, 4) is 17.0 Å². The summed E-state index contributed by atoms with van der Waals surface area (Å²) >= 11 is 0. The van der Waals surface area contributed by atoms with Gasteiger partial charge in [0.25, 0.3) is 0 Å². The van der Waals surface area contributed by atoms with Gasteiger partial charge in [-0.15, -0.1) is 0 Å². The number of phenolic OH excluding ortho intramolecular Hbond substituents is 1. The molecular formula is C14H19N3O. The molecule has 1 aromatic carbocycles. The van der Waals surface area contributed by atoms with Crippen molar-refractivity contribution in [2.45, 2.75) is 32.4 Å². The number of aromatic hydroxyl groups is 1. The van der Waals surface area contributed by atoms with Crippen molar-refractivity contribution in [1.29, 1.82) is 0 Å². The molecule has 0 bridgehead atoms. The summed E-state index contributed by atoms with van der Waals surface area (Å²) in [5.41, 5.74) is 7.70. The van der Waals surface area contributed by atoms with Crippen LogP contribution in [0.25, 0.3) is 11.3 Å². The van der Waals surface area contributed by atoms with Crippen molar-refractivity contribution in [3.63, 3.8) is 0 Å². The predicted molar refractivity (Wildman–Crippen MR) is 72.2 cm³/mol. The molecule has 2 rings (SSSR count). The lowest BCUT2D eigenvalue weighted by Crippen LogP contribution is -2.32. The van der Waals surface area contributed by atoms with E-state index in [-0.39, 0.29) is 11.3 Å². The van der Waals surface area contributed by atoms with E-state index in [0.717, 1.165) is 24.2 Å². The van der Waals surface area contributed by atoms with E-state index in [9.17, 15) is 5.11 Å². The third kappa shape index (κ3) is 3.34. The number of hydrogen-bond donors (Lipinski definition) is 2. The first kappa shape index (κ1) is 12.6. The van der Waals surface area contributed by atoms with Crippen LogP contribution < -0.4 is 5.73 Å². The Kier molecular flexibility index (Phi) is 3.39. The van der Waals surface area contributed by atoms with E-state index in [0.29, 0.717) is 0 Å². The predicted octanol–water partition coefficient (Wildman–Crippen LogP) is 2.38. The van der Waals surface area contributed by atoms with Gasteiger partial charge >= 0.3 is 0 Å². The number of hydrogen-bond acceptors (Lipinski definition) is 3. The molecule has 0 fully saturated rings. The minimum Gasteiger partial charge on any atom is -0.508 e. The van der Waals surface area contributed by atoms with E-state index in [4.69, 9.17) is 5.73 Å². The van der Waals surface area contributed by atoms with Crippen molar-refractivity contribution in [3.05, 3.63) is 36.8 Å². The monoisotopic (exact) mass is 245 g/mol. The van der Waals surface area contributed by atoms with Crippen molar-refractivity contribution in [2.24, 2.45) is 5.73 Å². The number of imidazole rings is 1. The van der Waals surface area contributed by atoms with Gasteiger partial charge in [-0.05, 0) is 44.5 Å². The average Bonchev–Trinajstić information content (AvgIpc) is 2.75. The van der Waals surface area contributed by atoms with Crippen LogP contribution in [0.3, 0.4) is 0 Å². The number of phenols is 1. The van der Waals surface area contributed by atoms with Crippen molar-refractivity contribution in [2.75, 3.05) is 0 Å². The molecule has 4 nitrogen and oxygen atoms in total. The highest BCUT2D eigenvalue weighted by atomic mass is 16.3. The Morgan fingerprint density at radius 3 is 2.56 bits per heavy atom. The van der Waals surface area contributed by atoms with Gasteiger partial charge in [0.15, 0.2) is 0 Å². The molecule has 1 aromatic heterocycles. The summed E-state index contributed by atoms with van der Waals surface area (Å²) in [6.45, 7) is 4.89. The molecule has 0 aliphatic rings. The highest BCUT2D eigenvalue weighted by molar-refractivity contribution is 5.59. The summed E-state index contributed by atoms with van der Waals surface area (Å²) in [7, 11) is 0. The first-order chi connectivity index (χ1) is 8.44. The summed E-state index contributed by atoms with van der Waals surface area (Å²) < 4.78 is 2.04. The Labute approximate surface area is 107 Å². The third-order valence-electron chi connectivity index (χ3n) is 2.81. The summed E-state index contributed by atoms with van der Waals surface area (Å²) in [6.07, 6.45) is 4.71. The van der Waals surface area contributed by atoms with Crippen LogP contribution in [0, 0.1) is 0 Å². The quantitative estimate of drug-likeness (QED) is 0.869. The Morgan fingerprint density at radius 1 is 1.28 bits per heavy atom. The van der Waals surface area contributed by atoms with Crippen LogP contribution in [0.2, 0.25) is 0 Å². The fraction of sp³-hybridized carbons (Fsp3) is 0.357. The maximum absolute atomic E-state index is 9.24. The molecular weight excluding hydrogens is 226 g/mol. The maximum Gasteiger partial charge on any atom is 0.115 e. The molecule has 0 unspecified atom stereocenters. The van der Waals surface area contributed by atoms with Crippen molar-refractivity contribution >= 4 is 0 Å². The van der Waals surface area contributed by atoms with Gasteiger partial charge < -0.3 is 15.4 Å². The average molecular weight is 245 g/mol. The van der Waals surface area contributed by atoms with Crippen LogP contribution in [-0.2, 0) is 6.54 Å². The molecule has 0 saturated heterocycles. The normalized spacial score (nSPS) is 11.7. The summed E-state index contributed by atoms with van der Waals surface area (Å²) in [6, 6.07) is 7.04. The van der Waals surface area contributed by atoms with Crippen molar-refractivity contribution in [1.82, 2.24) is 9.55 Å². The third-order valence-corrected chi connectivity index (χ3v) is 2.81. The van der Waals surface area contributed by atoms with Gasteiger partial charge in [-0.2, -0.15) is 0 Å². The number of aryl methyl sites for hydroxylation is 1. The van der Waals surface area contributed by atoms with Crippen LogP contribution in [0.4, 0.5) is 0 Å². The summed E-state index contributed by atoms with van der Waals surface area (Å²) in [5.74, 6) is 0.267. The second kappa shape index (κ2) is 4.82. The Bertz CT molecular complexity index is 509. The molecule has 1 heterocycles. The van der Waals surface area contributed by atoms with Crippen molar-refractivity contribution < 1.29 is 5.11 Å². The topological polar surface area (TPSA) is 64.1 Å². The fourth-order valence-electron chi connectivity index (χ4n) is 1.68.